The summed E-state index contributed by atoms with van der Waals surface area (Å²) in [5, 5.41) is 12.2. The molecule has 0 aromatic carbocycles. The van der Waals surface area contributed by atoms with Crippen LogP contribution in [0.1, 0.15) is 40.4 Å². The third-order valence-electron chi connectivity index (χ3n) is 1.93. The van der Waals surface area contributed by atoms with Crippen molar-refractivity contribution in [3.8, 4) is 12.3 Å². The molecular weight excluding hydrogens is 176 g/mol. The lowest BCUT2D eigenvalue weighted by molar-refractivity contribution is 0.304. The number of rotatable bonds is 1. The Labute approximate surface area is 84.7 Å². The fourth-order valence-electron chi connectivity index (χ4n) is 0.813. The molecule has 1 rings (SSSR count). The number of hydrogen-bond donors (Lipinski definition) is 0. The van der Waals surface area contributed by atoms with Gasteiger partial charge in [0, 0.05) is 0 Å². The standard InChI is InChI=1S/C10H16N4/c1-7-10(5,6)8-11-13-14(12-8)9(2,3)4/h1H,2-6H3. The number of hydrogen-bond acceptors (Lipinski definition) is 3. The van der Waals surface area contributed by atoms with Gasteiger partial charge in [-0.2, -0.15) is 4.80 Å². The van der Waals surface area contributed by atoms with Crippen molar-refractivity contribution in [2.24, 2.45) is 0 Å². The molecule has 0 unspecified atom stereocenters. The van der Waals surface area contributed by atoms with E-state index in [-0.39, 0.29) is 5.54 Å². The second kappa shape index (κ2) is 3.09. The second-order valence-electron chi connectivity index (χ2n) is 4.84. The summed E-state index contributed by atoms with van der Waals surface area (Å²) < 4.78 is 0. The summed E-state index contributed by atoms with van der Waals surface area (Å²) in [7, 11) is 0. The number of terminal acetylenes is 1. The Morgan fingerprint density at radius 2 is 1.79 bits per heavy atom. The minimum atomic E-state index is -0.455. The molecule has 0 saturated heterocycles. The van der Waals surface area contributed by atoms with Gasteiger partial charge in [0.2, 0.25) is 0 Å². The van der Waals surface area contributed by atoms with E-state index in [1.54, 1.807) is 4.80 Å². The average Bonchev–Trinajstić information content (AvgIpc) is 2.51. The summed E-state index contributed by atoms with van der Waals surface area (Å²) in [6, 6.07) is 0. The van der Waals surface area contributed by atoms with Gasteiger partial charge < -0.3 is 0 Å². The minimum absolute atomic E-state index is 0.157. The van der Waals surface area contributed by atoms with E-state index in [1.165, 1.54) is 0 Å². The quantitative estimate of drug-likeness (QED) is 0.631. The van der Waals surface area contributed by atoms with Crippen molar-refractivity contribution in [1.29, 1.82) is 0 Å². The number of tetrazole rings is 1. The number of aromatic nitrogens is 4. The van der Waals surface area contributed by atoms with Gasteiger partial charge >= 0.3 is 0 Å². The molecular formula is C10H16N4. The Bertz CT molecular complexity index is 362. The Morgan fingerprint density at radius 3 is 2.14 bits per heavy atom. The van der Waals surface area contributed by atoms with Gasteiger partial charge in [0.05, 0.1) is 11.0 Å². The van der Waals surface area contributed by atoms with Crippen molar-refractivity contribution in [3.63, 3.8) is 0 Å². The molecule has 0 aliphatic heterocycles. The molecule has 4 heteroatoms. The molecule has 0 aliphatic carbocycles. The molecule has 1 aromatic rings. The molecule has 14 heavy (non-hydrogen) atoms. The van der Waals surface area contributed by atoms with Crippen molar-refractivity contribution < 1.29 is 0 Å². The van der Waals surface area contributed by atoms with Crippen molar-refractivity contribution in [3.05, 3.63) is 5.82 Å². The van der Waals surface area contributed by atoms with Crippen LogP contribution in [0.15, 0.2) is 0 Å². The van der Waals surface area contributed by atoms with Crippen LogP contribution in [0.5, 0.6) is 0 Å². The molecule has 0 atom stereocenters. The highest BCUT2D eigenvalue weighted by atomic mass is 15.6. The lowest BCUT2D eigenvalue weighted by Gasteiger charge is -2.16. The maximum Gasteiger partial charge on any atom is 0.192 e. The van der Waals surface area contributed by atoms with Crippen molar-refractivity contribution in [2.75, 3.05) is 0 Å². The predicted molar refractivity (Wildman–Crippen MR) is 54.7 cm³/mol. The van der Waals surface area contributed by atoms with Crippen LogP contribution >= 0.6 is 0 Å². The molecule has 0 spiro atoms. The fourth-order valence-corrected chi connectivity index (χ4v) is 0.813. The van der Waals surface area contributed by atoms with E-state index >= 15 is 0 Å². The van der Waals surface area contributed by atoms with Crippen LogP contribution in [0.3, 0.4) is 0 Å². The molecule has 0 fully saturated rings. The first-order chi connectivity index (χ1) is 6.27. The largest absolute Gasteiger partial charge is 0.192 e. The monoisotopic (exact) mass is 192 g/mol. The molecule has 0 radical (unpaired) electrons. The Kier molecular flexibility index (Phi) is 2.36. The highest BCUT2D eigenvalue weighted by molar-refractivity contribution is 5.18. The van der Waals surface area contributed by atoms with Crippen LogP contribution in [-0.2, 0) is 11.0 Å². The van der Waals surface area contributed by atoms with E-state index in [0.29, 0.717) is 5.82 Å². The predicted octanol–water partition coefficient (Wildman–Crippen LogP) is 1.34. The molecule has 0 amide bonds. The zero-order valence-corrected chi connectivity index (χ0v) is 9.37. The van der Waals surface area contributed by atoms with Gasteiger partial charge in [0.1, 0.15) is 0 Å². The molecule has 0 N–H and O–H groups in total. The van der Waals surface area contributed by atoms with E-state index in [2.05, 4.69) is 21.3 Å². The van der Waals surface area contributed by atoms with Gasteiger partial charge in [-0.3, -0.25) is 0 Å². The van der Waals surface area contributed by atoms with E-state index in [9.17, 15) is 0 Å². The summed E-state index contributed by atoms with van der Waals surface area (Å²) >= 11 is 0. The van der Waals surface area contributed by atoms with Crippen LogP contribution < -0.4 is 0 Å². The van der Waals surface area contributed by atoms with Crippen LogP contribution in [-0.4, -0.2) is 20.2 Å². The zero-order valence-electron chi connectivity index (χ0n) is 9.37. The van der Waals surface area contributed by atoms with Crippen LogP contribution in [0.2, 0.25) is 0 Å². The Balaban J connectivity index is 3.08. The molecule has 1 heterocycles. The maximum absolute atomic E-state index is 5.39. The first kappa shape index (κ1) is 10.7. The summed E-state index contributed by atoms with van der Waals surface area (Å²) in [6.45, 7) is 9.85. The third-order valence-corrected chi connectivity index (χ3v) is 1.93. The van der Waals surface area contributed by atoms with Gasteiger partial charge in [0.15, 0.2) is 5.82 Å². The van der Waals surface area contributed by atoms with Crippen molar-refractivity contribution >= 4 is 0 Å². The minimum Gasteiger partial charge on any atom is -0.159 e. The normalized spacial score (nSPS) is 12.6. The number of nitrogens with zero attached hydrogens (tertiary/aromatic N) is 4. The highest BCUT2D eigenvalue weighted by Crippen LogP contribution is 2.18. The average molecular weight is 192 g/mol. The first-order valence-corrected chi connectivity index (χ1v) is 4.56. The van der Waals surface area contributed by atoms with E-state index in [1.807, 2.05) is 34.6 Å². The maximum atomic E-state index is 5.39. The van der Waals surface area contributed by atoms with Crippen LogP contribution in [0.4, 0.5) is 0 Å². The fraction of sp³-hybridized carbons (Fsp3) is 0.700. The van der Waals surface area contributed by atoms with E-state index in [0.717, 1.165) is 0 Å². The molecule has 4 nitrogen and oxygen atoms in total. The summed E-state index contributed by atoms with van der Waals surface area (Å²) in [4.78, 5) is 1.58. The lowest BCUT2D eigenvalue weighted by atomic mass is 9.94. The second-order valence-corrected chi connectivity index (χ2v) is 4.84. The summed E-state index contributed by atoms with van der Waals surface area (Å²) in [5.74, 6) is 3.24. The van der Waals surface area contributed by atoms with Gasteiger partial charge in [0.25, 0.3) is 0 Å². The smallest absolute Gasteiger partial charge is 0.159 e. The van der Waals surface area contributed by atoms with Gasteiger partial charge in [-0.15, -0.1) is 16.6 Å². The summed E-state index contributed by atoms with van der Waals surface area (Å²) in [5.41, 5.74) is -0.612. The topological polar surface area (TPSA) is 43.6 Å². The van der Waals surface area contributed by atoms with E-state index in [4.69, 9.17) is 6.42 Å². The lowest BCUT2D eigenvalue weighted by Crippen LogP contribution is -2.25. The molecule has 0 aliphatic rings. The zero-order chi connectivity index (χ0) is 11.0. The van der Waals surface area contributed by atoms with Gasteiger partial charge in [-0.25, -0.2) is 0 Å². The molecule has 76 valence electrons. The van der Waals surface area contributed by atoms with E-state index < -0.39 is 5.41 Å². The Hall–Kier alpha value is -1.37. The van der Waals surface area contributed by atoms with Crippen LogP contribution in [0.25, 0.3) is 0 Å². The first-order valence-electron chi connectivity index (χ1n) is 4.56. The highest BCUT2D eigenvalue weighted by Gasteiger charge is 2.26. The molecule has 0 bridgehead atoms. The third kappa shape index (κ3) is 1.92. The molecule has 1 aromatic heterocycles. The van der Waals surface area contributed by atoms with Crippen LogP contribution in [0, 0.1) is 12.3 Å². The van der Waals surface area contributed by atoms with Gasteiger partial charge in [-0.05, 0) is 39.8 Å². The van der Waals surface area contributed by atoms with Crippen molar-refractivity contribution in [2.45, 2.75) is 45.6 Å². The summed E-state index contributed by atoms with van der Waals surface area (Å²) in [6.07, 6.45) is 5.39. The SMILES string of the molecule is C#CC(C)(C)c1nnn(C(C)(C)C)n1. The van der Waals surface area contributed by atoms with Gasteiger partial charge in [-0.1, -0.05) is 5.92 Å². The Morgan fingerprint density at radius 1 is 1.21 bits per heavy atom. The van der Waals surface area contributed by atoms with Crippen molar-refractivity contribution in [1.82, 2.24) is 20.2 Å². The molecule has 0 saturated carbocycles.